The van der Waals surface area contributed by atoms with Crippen molar-refractivity contribution in [1.82, 2.24) is 0 Å². The highest BCUT2D eigenvalue weighted by molar-refractivity contribution is 5.14. The molecule has 0 heterocycles. The van der Waals surface area contributed by atoms with Crippen LogP contribution >= 0.6 is 0 Å². The molecule has 2 atom stereocenters. The fraction of sp³-hybridized carbons (Fsp3) is 0.500. The molecule has 1 rings (SSSR count). The molecule has 2 nitrogen and oxygen atoms in total. The third-order valence-electron chi connectivity index (χ3n) is 2.52. The summed E-state index contributed by atoms with van der Waals surface area (Å²) in [6.45, 7) is 1.97. The molecule has 1 aromatic carbocycles. The monoisotopic (exact) mass is 192 g/mol. The molecule has 1 aromatic rings. The van der Waals surface area contributed by atoms with E-state index in [1.54, 1.807) is 0 Å². The molecule has 0 saturated heterocycles. The normalized spacial score (nSPS) is 15.1. The molecule has 0 aliphatic carbocycles. The maximum absolute atomic E-state index is 5.86. The summed E-state index contributed by atoms with van der Waals surface area (Å²) in [6, 6.07) is 10.7. The van der Waals surface area contributed by atoms with Crippen LogP contribution in [-0.4, -0.2) is 12.1 Å². The lowest BCUT2D eigenvalue weighted by Crippen LogP contribution is -2.38. The smallest absolute Gasteiger partial charge is 0.0189 e. The first kappa shape index (κ1) is 11.2. The summed E-state index contributed by atoms with van der Waals surface area (Å²) in [5.41, 5.74) is 12.9. The number of aryl methyl sites for hydroxylation is 1. The minimum atomic E-state index is 0.103. The molecule has 0 amide bonds. The second kappa shape index (κ2) is 5.78. The van der Waals surface area contributed by atoms with Crippen LogP contribution in [-0.2, 0) is 6.42 Å². The zero-order valence-corrected chi connectivity index (χ0v) is 8.82. The molecular weight excluding hydrogens is 172 g/mol. The molecule has 0 aromatic heterocycles. The Labute approximate surface area is 86.3 Å². The van der Waals surface area contributed by atoms with Gasteiger partial charge in [0.1, 0.15) is 0 Å². The molecule has 1 unspecified atom stereocenters. The first-order valence-corrected chi connectivity index (χ1v) is 5.25. The highest BCUT2D eigenvalue weighted by Crippen LogP contribution is 2.06. The van der Waals surface area contributed by atoms with Gasteiger partial charge in [-0.2, -0.15) is 0 Å². The fourth-order valence-corrected chi connectivity index (χ4v) is 1.45. The fourth-order valence-electron chi connectivity index (χ4n) is 1.45. The van der Waals surface area contributed by atoms with Crippen LogP contribution in [0, 0.1) is 0 Å². The third-order valence-corrected chi connectivity index (χ3v) is 2.52. The first-order chi connectivity index (χ1) is 6.70. The molecule has 0 aliphatic heterocycles. The Hall–Kier alpha value is -0.860. The van der Waals surface area contributed by atoms with Crippen LogP contribution in [0.1, 0.15) is 25.3 Å². The lowest BCUT2D eigenvalue weighted by molar-refractivity contribution is 0.507. The zero-order chi connectivity index (χ0) is 10.4. The minimum absolute atomic E-state index is 0.103. The molecule has 0 radical (unpaired) electrons. The summed E-state index contributed by atoms with van der Waals surface area (Å²) >= 11 is 0. The van der Waals surface area contributed by atoms with E-state index >= 15 is 0 Å². The van der Waals surface area contributed by atoms with Gasteiger partial charge in [-0.25, -0.2) is 0 Å². The highest BCUT2D eigenvalue weighted by atomic mass is 14.8. The van der Waals surface area contributed by atoms with Gasteiger partial charge in [-0.15, -0.1) is 0 Å². The third kappa shape index (κ3) is 3.90. The van der Waals surface area contributed by atoms with E-state index in [2.05, 4.69) is 24.3 Å². The van der Waals surface area contributed by atoms with E-state index in [1.807, 2.05) is 13.0 Å². The zero-order valence-electron chi connectivity index (χ0n) is 8.82. The first-order valence-electron chi connectivity index (χ1n) is 5.25. The van der Waals surface area contributed by atoms with Crippen LogP contribution in [0.15, 0.2) is 30.3 Å². The number of rotatable bonds is 5. The van der Waals surface area contributed by atoms with Gasteiger partial charge in [0.15, 0.2) is 0 Å². The Balaban J connectivity index is 2.22. The second-order valence-corrected chi connectivity index (χ2v) is 3.90. The van der Waals surface area contributed by atoms with Gasteiger partial charge in [-0.3, -0.25) is 0 Å². The van der Waals surface area contributed by atoms with Gasteiger partial charge < -0.3 is 11.5 Å². The average molecular weight is 192 g/mol. The summed E-state index contributed by atoms with van der Waals surface area (Å²) in [7, 11) is 0. The number of hydrogen-bond donors (Lipinski definition) is 2. The van der Waals surface area contributed by atoms with Gasteiger partial charge in [-0.05, 0) is 31.7 Å². The molecule has 4 N–H and O–H groups in total. The van der Waals surface area contributed by atoms with Crippen LogP contribution in [0.2, 0.25) is 0 Å². The Morgan fingerprint density at radius 1 is 1.14 bits per heavy atom. The Morgan fingerprint density at radius 2 is 1.79 bits per heavy atom. The van der Waals surface area contributed by atoms with Gasteiger partial charge >= 0.3 is 0 Å². The van der Waals surface area contributed by atoms with Crippen LogP contribution in [0.5, 0.6) is 0 Å². The summed E-state index contributed by atoms with van der Waals surface area (Å²) < 4.78 is 0. The summed E-state index contributed by atoms with van der Waals surface area (Å²) in [4.78, 5) is 0. The largest absolute Gasteiger partial charge is 0.327 e. The van der Waals surface area contributed by atoms with E-state index < -0.39 is 0 Å². The maximum atomic E-state index is 5.86. The van der Waals surface area contributed by atoms with E-state index in [0.29, 0.717) is 0 Å². The molecule has 0 spiro atoms. The van der Waals surface area contributed by atoms with Crippen molar-refractivity contribution in [2.75, 3.05) is 0 Å². The summed E-state index contributed by atoms with van der Waals surface area (Å²) in [5, 5.41) is 0. The Kier molecular flexibility index (Phi) is 4.63. The van der Waals surface area contributed by atoms with Crippen molar-refractivity contribution in [3.8, 4) is 0 Å². The van der Waals surface area contributed by atoms with Crippen LogP contribution < -0.4 is 11.5 Å². The molecule has 0 saturated carbocycles. The van der Waals surface area contributed by atoms with Gasteiger partial charge in [0.25, 0.3) is 0 Å². The molecule has 0 bridgehead atoms. The molecule has 14 heavy (non-hydrogen) atoms. The molecule has 0 aliphatic rings. The predicted molar refractivity (Wildman–Crippen MR) is 61.0 cm³/mol. The highest BCUT2D eigenvalue weighted by Gasteiger charge is 2.06. The van der Waals surface area contributed by atoms with Gasteiger partial charge in [0.2, 0.25) is 0 Å². The molecule has 2 heteroatoms. The van der Waals surface area contributed by atoms with Gasteiger partial charge in [0.05, 0.1) is 0 Å². The van der Waals surface area contributed by atoms with E-state index in [1.165, 1.54) is 5.56 Å². The van der Waals surface area contributed by atoms with Crippen molar-refractivity contribution in [2.24, 2.45) is 11.5 Å². The molecule has 78 valence electrons. The van der Waals surface area contributed by atoms with E-state index in [4.69, 9.17) is 11.5 Å². The van der Waals surface area contributed by atoms with Crippen LogP contribution in [0.25, 0.3) is 0 Å². The predicted octanol–water partition coefficient (Wildman–Crippen LogP) is 1.68. The summed E-state index contributed by atoms with van der Waals surface area (Å²) in [6.07, 6.45) is 3.22. The van der Waals surface area contributed by atoms with Crippen molar-refractivity contribution in [3.63, 3.8) is 0 Å². The van der Waals surface area contributed by atoms with Gasteiger partial charge in [0, 0.05) is 12.1 Å². The minimum Gasteiger partial charge on any atom is -0.327 e. The van der Waals surface area contributed by atoms with Crippen molar-refractivity contribution >= 4 is 0 Å². The number of nitrogens with two attached hydrogens (primary N) is 2. The van der Waals surface area contributed by atoms with Gasteiger partial charge in [-0.1, -0.05) is 30.3 Å². The number of hydrogen-bond acceptors (Lipinski definition) is 2. The van der Waals surface area contributed by atoms with Crippen molar-refractivity contribution < 1.29 is 0 Å². The van der Waals surface area contributed by atoms with Crippen LogP contribution in [0.4, 0.5) is 0 Å². The van der Waals surface area contributed by atoms with E-state index in [0.717, 1.165) is 19.3 Å². The molecular formula is C12H20N2. The van der Waals surface area contributed by atoms with Crippen molar-refractivity contribution in [1.29, 1.82) is 0 Å². The quantitative estimate of drug-likeness (QED) is 0.746. The lowest BCUT2D eigenvalue weighted by Gasteiger charge is -2.14. The van der Waals surface area contributed by atoms with Crippen molar-refractivity contribution in [2.45, 2.75) is 38.3 Å². The topological polar surface area (TPSA) is 52.0 Å². The second-order valence-electron chi connectivity index (χ2n) is 3.90. The number of benzene rings is 1. The average Bonchev–Trinajstić information content (AvgIpc) is 2.19. The summed E-state index contributed by atoms with van der Waals surface area (Å²) in [5.74, 6) is 0. The lowest BCUT2D eigenvalue weighted by atomic mass is 10.0. The maximum Gasteiger partial charge on any atom is 0.0189 e. The Morgan fingerprint density at radius 3 is 2.36 bits per heavy atom. The van der Waals surface area contributed by atoms with Crippen molar-refractivity contribution in [3.05, 3.63) is 35.9 Å². The van der Waals surface area contributed by atoms with Crippen LogP contribution in [0.3, 0.4) is 0 Å². The standard InChI is InChI=1S/C12H20N2/c1-10(13)12(14)9-5-8-11-6-3-2-4-7-11/h2-4,6-7,10,12H,5,8-9,13-14H2,1H3/t10-,12?/m1/s1. The van der Waals surface area contributed by atoms with E-state index in [9.17, 15) is 0 Å². The molecule has 0 fully saturated rings. The Bertz CT molecular complexity index is 244. The van der Waals surface area contributed by atoms with E-state index in [-0.39, 0.29) is 12.1 Å². The SMILES string of the molecule is C[C@@H](N)C(N)CCCc1ccccc1.